The number of para-hydroxylation sites is 1. The van der Waals surface area contributed by atoms with Gasteiger partial charge in [-0.2, -0.15) is 0 Å². The number of aromatic nitrogens is 2. The van der Waals surface area contributed by atoms with Crippen molar-refractivity contribution in [3.05, 3.63) is 76.3 Å². The van der Waals surface area contributed by atoms with Gasteiger partial charge in [0.05, 0.1) is 12.7 Å². The molecule has 2 heterocycles. The van der Waals surface area contributed by atoms with E-state index in [2.05, 4.69) is 10.2 Å². The van der Waals surface area contributed by atoms with Gasteiger partial charge in [0.25, 0.3) is 5.78 Å². The molecule has 152 valence electrons. The number of methoxy groups -OCH3 is 1. The van der Waals surface area contributed by atoms with Crippen LogP contribution >= 0.6 is 11.3 Å². The molecule has 1 amide bonds. The summed E-state index contributed by atoms with van der Waals surface area (Å²) in [6.07, 6.45) is 0.658. The highest BCUT2D eigenvalue weighted by atomic mass is 32.1. The summed E-state index contributed by atoms with van der Waals surface area (Å²) < 4.78 is 5.49. The number of ether oxygens (including phenoxy) is 1. The molecule has 1 aliphatic heterocycles. The molecular formula is C22H19N3O4S. The van der Waals surface area contributed by atoms with Crippen molar-refractivity contribution >= 4 is 33.9 Å². The maximum absolute atomic E-state index is 13.1. The van der Waals surface area contributed by atoms with Gasteiger partial charge >= 0.3 is 5.91 Å². The number of hydrogen-bond donors (Lipinski definition) is 1. The molecule has 1 aromatic heterocycles. The first-order chi connectivity index (χ1) is 14.6. The van der Waals surface area contributed by atoms with Crippen LogP contribution in [0.4, 0.5) is 5.13 Å². The fraction of sp³-hybridized carbons (Fsp3) is 0.182. The molecule has 8 heteroatoms. The molecule has 1 fully saturated rings. The Morgan fingerprint density at radius 2 is 1.80 bits per heavy atom. The zero-order valence-electron chi connectivity index (χ0n) is 16.4. The highest BCUT2D eigenvalue weighted by Gasteiger charge is 2.49. The number of hydrogen-bond acceptors (Lipinski definition) is 7. The number of aryl methyl sites for hydroxylation is 1. The lowest BCUT2D eigenvalue weighted by atomic mass is 9.95. The van der Waals surface area contributed by atoms with Gasteiger partial charge in [0.2, 0.25) is 5.13 Å². The van der Waals surface area contributed by atoms with Crippen LogP contribution in [-0.2, 0) is 16.0 Å². The lowest BCUT2D eigenvalue weighted by Crippen LogP contribution is -2.29. The smallest absolute Gasteiger partial charge is 0.301 e. The van der Waals surface area contributed by atoms with Crippen LogP contribution in [0.15, 0.2) is 60.2 Å². The number of Topliss-reactive ketones (excluding diaryl/α,β-unsaturated/α-hetero) is 1. The lowest BCUT2D eigenvalue weighted by molar-refractivity contribution is -0.132. The van der Waals surface area contributed by atoms with Crippen LogP contribution in [0.25, 0.3) is 5.76 Å². The molecule has 1 unspecified atom stereocenters. The van der Waals surface area contributed by atoms with Crippen molar-refractivity contribution in [2.75, 3.05) is 12.0 Å². The first-order valence-electron chi connectivity index (χ1n) is 9.38. The zero-order chi connectivity index (χ0) is 21.3. The van der Waals surface area contributed by atoms with Gasteiger partial charge in [-0.05, 0) is 12.5 Å². The van der Waals surface area contributed by atoms with E-state index >= 15 is 0 Å². The number of nitrogens with zero attached hydrogens (tertiary/aromatic N) is 3. The molecule has 7 nitrogen and oxygen atoms in total. The Balaban J connectivity index is 1.97. The second kappa shape index (κ2) is 8.08. The highest BCUT2D eigenvalue weighted by molar-refractivity contribution is 7.15. The predicted molar refractivity (Wildman–Crippen MR) is 114 cm³/mol. The Hall–Kier alpha value is -3.52. The van der Waals surface area contributed by atoms with Gasteiger partial charge < -0.3 is 9.84 Å². The van der Waals surface area contributed by atoms with Crippen molar-refractivity contribution in [3.8, 4) is 5.75 Å². The maximum atomic E-state index is 13.1. The number of aliphatic hydroxyl groups is 1. The third-order valence-electron chi connectivity index (χ3n) is 4.89. The average molecular weight is 421 g/mol. The minimum Gasteiger partial charge on any atom is -0.507 e. The Bertz CT molecular complexity index is 1140. The summed E-state index contributed by atoms with van der Waals surface area (Å²) in [4.78, 5) is 27.4. The number of rotatable bonds is 5. The van der Waals surface area contributed by atoms with Gasteiger partial charge in [0.15, 0.2) is 0 Å². The van der Waals surface area contributed by atoms with E-state index in [1.54, 1.807) is 54.6 Å². The van der Waals surface area contributed by atoms with Crippen molar-refractivity contribution in [2.45, 2.75) is 19.4 Å². The quantitative estimate of drug-likeness (QED) is 0.383. The Labute approximate surface area is 177 Å². The molecule has 1 N–H and O–H groups in total. The van der Waals surface area contributed by atoms with E-state index in [9.17, 15) is 14.7 Å². The summed E-state index contributed by atoms with van der Waals surface area (Å²) in [5.41, 5.74) is 1.01. The van der Waals surface area contributed by atoms with E-state index in [1.807, 2.05) is 6.92 Å². The van der Waals surface area contributed by atoms with Crippen LogP contribution in [0.3, 0.4) is 0 Å². The summed E-state index contributed by atoms with van der Waals surface area (Å²) in [5, 5.41) is 20.3. The predicted octanol–water partition coefficient (Wildman–Crippen LogP) is 3.74. The summed E-state index contributed by atoms with van der Waals surface area (Å²) in [7, 11) is 1.52. The van der Waals surface area contributed by atoms with E-state index in [-0.39, 0.29) is 11.3 Å². The van der Waals surface area contributed by atoms with Crippen LogP contribution in [0.5, 0.6) is 5.75 Å². The van der Waals surface area contributed by atoms with Crippen molar-refractivity contribution < 1.29 is 19.4 Å². The van der Waals surface area contributed by atoms with Crippen molar-refractivity contribution in [2.24, 2.45) is 0 Å². The largest absolute Gasteiger partial charge is 0.507 e. The molecule has 0 spiro atoms. The minimum absolute atomic E-state index is 0.0102. The van der Waals surface area contributed by atoms with Crippen LogP contribution in [0, 0.1) is 0 Å². The van der Waals surface area contributed by atoms with Gasteiger partial charge in [-0.3, -0.25) is 14.5 Å². The molecule has 1 aliphatic rings. The summed E-state index contributed by atoms with van der Waals surface area (Å²) in [5.74, 6) is -1.29. The standard InChI is InChI=1S/C22H19N3O4S/c1-3-16-23-24-22(30-16)25-18(14-11-7-8-12-15(14)29-2)17(20(27)21(25)28)19(26)13-9-5-4-6-10-13/h4-12,18,26H,3H2,1-2H3/b19-17+. The lowest BCUT2D eigenvalue weighted by Gasteiger charge is -2.24. The van der Waals surface area contributed by atoms with E-state index in [0.717, 1.165) is 5.01 Å². The third kappa shape index (κ3) is 3.25. The van der Waals surface area contributed by atoms with Gasteiger partial charge in [-0.25, -0.2) is 0 Å². The number of anilines is 1. The van der Waals surface area contributed by atoms with Crippen molar-refractivity contribution in [3.63, 3.8) is 0 Å². The first kappa shape index (κ1) is 19.8. The summed E-state index contributed by atoms with van der Waals surface area (Å²) >= 11 is 1.24. The molecule has 0 aliphatic carbocycles. The molecule has 0 bridgehead atoms. The Morgan fingerprint density at radius 1 is 1.10 bits per heavy atom. The molecule has 2 aromatic carbocycles. The molecule has 1 atom stereocenters. The maximum Gasteiger partial charge on any atom is 0.301 e. The average Bonchev–Trinajstić information content (AvgIpc) is 3.36. The third-order valence-corrected chi connectivity index (χ3v) is 5.96. The number of carbonyl (C=O) groups is 2. The van der Waals surface area contributed by atoms with Crippen molar-refractivity contribution in [1.29, 1.82) is 0 Å². The molecule has 0 radical (unpaired) electrons. The highest BCUT2D eigenvalue weighted by Crippen LogP contribution is 2.45. The van der Waals surface area contributed by atoms with Crippen LogP contribution < -0.4 is 9.64 Å². The molecule has 30 heavy (non-hydrogen) atoms. The SMILES string of the molecule is CCc1nnc(N2C(=O)C(=O)/C(=C(/O)c3ccccc3)C2c2ccccc2OC)s1. The monoisotopic (exact) mass is 421 g/mol. The van der Waals surface area contributed by atoms with E-state index in [1.165, 1.54) is 23.3 Å². The normalized spacial score (nSPS) is 18.1. The fourth-order valence-corrected chi connectivity index (χ4v) is 4.26. The van der Waals surface area contributed by atoms with Gasteiger partial charge in [-0.1, -0.05) is 66.8 Å². The Morgan fingerprint density at radius 3 is 2.47 bits per heavy atom. The van der Waals surface area contributed by atoms with E-state index in [0.29, 0.717) is 28.4 Å². The summed E-state index contributed by atoms with van der Waals surface area (Å²) in [6.45, 7) is 1.94. The first-order valence-corrected chi connectivity index (χ1v) is 10.2. The second-order valence-electron chi connectivity index (χ2n) is 6.61. The fourth-order valence-electron chi connectivity index (χ4n) is 3.45. The minimum atomic E-state index is -0.890. The number of ketones is 1. The van der Waals surface area contributed by atoms with Crippen LogP contribution in [-0.4, -0.2) is 34.1 Å². The van der Waals surface area contributed by atoms with Crippen molar-refractivity contribution in [1.82, 2.24) is 10.2 Å². The zero-order valence-corrected chi connectivity index (χ0v) is 17.2. The van der Waals surface area contributed by atoms with Crippen LogP contribution in [0.1, 0.15) is 29.1 Å². The molecular weight excluding hydrogens is 402 g/mol. The topological polar surface area (TPSA) is 92.6 Å². The summed E-state index contributed by atoms with van der Waals surface area (Å²) in [6, 6.07) is 14.9. The number of aliphatic hydroxyl groups excluding tert-OH is 1. The Kier molecular flexibility index (Phi) is 5.33. The van der Waals surface area contributed by atoms with E-state index < -0.39 is 17.7 Å². The molecule has 3 aromatic rings. The van der Waals surface area contributed by atoms with Gasteiger partial charge in [0, 0.05) is 11.1 Å². The number of benzene rings is 2. The molecule has 0 saturated carbocycles. The van der Waals surface area contributed by atoms with Crippen LogP contribution in [0.2, 0.25) is 0 Å². The molecule has 1 saturated heterocycles. The van der Waals surface area contributed by atoms with E-state index in [4.69, 9.17) is 4.74 Å². The number of carbonyl (C=O) groups excluding carboxylic acids is 2. The second-order valence-corrected chi connectivity index (χ2v) is 7.65. The van der Waals surface area contributed by atoms with Gasteiger partial charge in [0.1, 0.15) is 22.6 Å². The number of amides is 1. The molecule has 4 rings (SSSR count). The van der Waals surface area contributed by atoms with Gasteiger partial charge in [-0.15, -0.1) is 10.2 Å².